The minimum Gasteiger partial charge on any atom is -0.350 e. The van der Waals surface area contributed by atoms with Gasteiger partial charge in [-0.1, -0.05) is 13.8 Å². The molecule has 4 bridgehead atoms. The second-order valence-corrected chi connectivity index (χ2v) is 8.12. The highest BCUT2D eigenvalue weighted by Crippen LogP contribution is 2.70. The lowest BCUT2D eigenvalue weighted by Crippen LogP contribution is -2.55. The SMILES string of the molecule is CC12CC3CC(C)(C1)CC(C/C=N/NC(N)=O)(C3)C2. The van der Waals surface area contributed by atoms with Crippen molar-refractivity contribution in [1.29, 1.82) is 0 Å². The largest absolute Gasteiger partial charge is 0.350 e. The zero-order valence-corrected chi connectivity index (χ0v) is 12.0. The fraction of sp³-hybridized carbons (Fsp3) is 0.867. The number of hydrazone groups is 1. The van der Waals surface area contributed by atoms with Gasteiger partial charge in [0.05, 0.1) is 0 Å². The first-order valence-corrected chi connectivity index (χ1v) is 7.39. The molecule has 4 rings (SSSR count). The van der Waals surface area contributed by atoms with Crippen LogP contribution in [0, 0.1) is 22.2 Å². The standard InChI is InChI=1S/C15H25N3O/c1-13-5-11-6-14(2,8-13)10-15(7-11,9-13)3-4-17-18-12(16)19/h4,11H,3,5-10H2,1-2H3,(H3,16,18,19)/b17-4+. The first-order chi connectivity index (χ1) is 8.82. The van der Waals surface area contributed by atoms with Crippen LogP contribution in [0.1, 0.15) is 58.8 Å². The zero-order valence-electron chi connectivity index (χ0n) is 12.0. The van der Waals surface area contributed by atoms with E-state index in [1.54, 1.807) is 0 Å². The average Bonchev–Trinajstić information content (AvgIpc) is 2.18. The molecule has 0 saturated heterocycles. The fourth-order valence-electron chi connectivity index (χ4n) is 6.26. The van der Waals surface area contributed by atoms with E-state index in [0.29, 0.717) is 16.2 Å². The molecule has 0 aromatic carbocycles. The van der Waals surface area contributed by atoms with E-state index in [1.807, 2.05) is 6.21 Å². The summed E-state index contributed by atoms with van der Waals surface area (Å²) in [6.07, 6.45) is 11.1. The molecular formula is C15H25N3O. The highest BCUT2D eigenvalue weighted by Gasteiger charge is 2.59. The van der Waals surface area contributed by atoms with Gasteiger partial charge in [-0.25, -0.2) is 10.2 Å². The van der Waals surface area contributed by atoms with Crippen LogP contribution in [-0.4, -0.2) is 12.2 Å². The van der Waals surface area contributed by atoms with Crippen molar-refractivity contribution in [2.45, 2.75) is 58.8 Å². The van der Waals surface area contributed by atoms with Gasteiger partial charge in [0.1, 0.15) is 0 Å². The van der Waals surface area contributed by atoms with Gasteiger partial charge in [-0.15, -0.1) is 0 Å². The summed E-state index contributed by atoms with van der Waals surface area (Å²) in [5, 5.41) is 3.94. The second-order valence-electron chi connectivity index (χ2n) is 8.12. The molecule has 106 valence electrons. The molecule has 2 unspecified atom stereocenters. The normalized spacial score (nSPS) is 47.8. The van der Waals surface area contributed by atoms with E-state index in [4.69, 9.17) is 5.73 Å². The van der Waals surface area contributed by atoms with Crippen molar-refractivity contribution in [3.63, 3.8) is 0 Å². The summed E-state index contributed by atoms with van der Waals surface area (Å²) in [5.41, 5.74) is 8.83. The number of amides is 2. The Bertz CT molecular complexity index is 413. The van der Waals surface area contributed by atoms with Gasteiger partial charge in [0.25, 0.3) is 0 Å². The van der Waals surface area contributed by atoms with Gasteiger partial charge < -0.3 is 5.73 Å². The molecular weight excluding hydrogens is 238 g/mol. The summed E-state index contributed by atoms with van der Waals surface area (Å²) in [6, 6.07) is -0.583. The first-order valence-electron chi connectivity index (χ1n) is 7.39. The number of carbonyl (C=O) groups is 1. The summed E-state index contributed by atoms with van der Waals surface area (Å²) in [5.74, 6) is 0.906. The van der Waals surface area contributed by atoms with Crippen molar-refractivity contribution in [2.24, 2.45) is 33.0 Å². The molecule has 3 N–H and O–H groups in total. The molecule has 0 spiro atoms. The Morgan fingerprint density at radius 1 is 1.26 bits per heavy atom. The van der Waals surface area contributed by atoms with Gasteiger partial charge in [-0.05, 0) is 67.1 Å². The Kier molecular flexibility index (Phi) is 2.70. The van der Waals surface area contributed by atoms with Crippen molar-refractivity contribution in [3.05, 3.63) is 0 Å². The Morgan fingerprint density at radius 3 is 2.42 bits per heavy atom. The molecule has 0 heterocycles. The zero-order chi connectivity index (χ0) is 13.7. The maximum atomic E-state index is 10.6. The number of nitrogens with two attached hydrogens (primary N) is 1. The Labute approximate surface area is 115 Å². The summed E-state index contributed by atoms with van der Waals surface area (Å²) in [6.45, 7) is 4.95. The molecule has 0 aromatic heterocycles. The van der Waals surface area contributed by atoms with Crippen molar-refractivity contribution in [1.82, 2.24) is 5.43 Å². The van der Waals surface area contributed by atoms with Crippen LogP contribution < -0.4 is 11.2 Å². The van der Waals surface area contributed by atoms with Crippen LogP contribution in [0.5, 0.6) is 0 Å². The van der Waals surface area contributed by atoms with E-state index in [1.165, 1.54) is 38.5 Å². The Balaban J connectivity index is 1.73. The summed E-state index contributed by atoms with van der Waals surface area (Å²) in [4.78, 5) is 10.6. The van der Waals surface area contributed by atoms with Gasteiger partial charge >= 0.3 is 6.03 Å². The minimum absolute atomic E-state index is 0.422. The number of nitrogens with one attached hydrogen (secondary N) is 1. The third-order valence-corrected chi connectivity index (χ3v) is 5.53. The van der Waals surface area contributed by atoms with E-state index in [0.717, 1.165) is 12.3 Å². The molecule has 4 nitrogen and oxygen atoms in total. The number of rotatable bonds is 3. The second kappa shape index (κ2) is 3.97. The molecule has 2 atom stereocenters. The first kappa shape index (κ1) is 12.9. The van der Waals surface area contributed by atoms with Crippen molar-refractivity contribution >= 4 is 12.2 Å². The van der Waals surface area contributed by atoms with E-state index in [-0.39, 0.29) is 0 Å². The third-order valence-electron chi connectivity index (χ3n) is 5.53. The maximum Gasteiger partial charge on any atom is 0.332 e. The van der Waals surface area contributed by atoms with Crippen LogP contribution in [0.3, 0.4) is 0 Å². The van der Waals surface area contributed by atoms with E-state index < -0.39 is 6.03 Å². The molecule has 0 aliphatic heterocycles. The van der Waals surface area contributed by atoms with Crippen LogP contribution in [0.2, 0.25) is 0 Å². The van der Waals surface area contributed by atoms with E-state index >= 15 is 0 Å². The van der Waals surface area contributed by atoms with Crippen LogP contribution in [0.15, 0.2) is 5.10 Å². The predicted octanol–water partition coefficient (Wildman–Crippen LogP) is 3.03. The number of hydrogen-bond acceptors (Lipinski definition) is 2. The minimum atomic E-state index is -0.583. The highest BCUT2D eigenvalue weighted by atomic mass is 16.2. The monoisotopic (exact) mass is 263 g/mol. The van der Waals surface area contributed by atoms with Crippen LogP contribution in [-0.2, 0) is 0 Å². The summed E-state index contributed by atoms with van der Waals surface area (Å²) >= 11 is 0. The van der Waals surface area contributed by atoms with E-state index in [2.05, 4.69) is 24.4 Å². The van der Waals surface area contributed by atoms with Crippen molar-refractivity contribution < 1.29 is 4.79 Å². The molecule has 0 radical (unpaired) electrons. The molecule has 4 heteroatoms. The molecule has 4 saturated carbocycles. The van der Waals surface area contributed by atoms with Crippen molar-refractivity contribution in [3.8, 4) is 0 Å². The molecule has 2 amide bonds. The fourth-order valence-corrected chi connectivity index (χ4v) is 6.26. The highest BCUT2D eigenvalue weighted by molar-refractivity contribution is 5.72. The average molecular weight is 263 g/mol. The predicted molar refractivity (Wildman–Crippen MR) is 75.7 cm³/mol. The van der Waals surface area contributed by atoms with Crippen LogP contribution >= 0.6 is 0 Å². The molecule has 19 heavy (non-hydrogen) atoms. The smallest absolute Gasteiger partial charge is 0.332 e. The number of carbonyl (C=O) groups excluding carboxylic acids is 1. The Morgan fingerprint density at radius 2 is 1.89 bits per heavy atom. The lowest BCUT2D eigenvalue weighted by Gasteiger charge is -2.65. The summed E-state index contributed by atoms with van der Waals surface area (Å²) < 4.78 is 0. The van der Waals surface area contributed by atoms with Crippen LogP contribution in [0.4, 0.5) is 4.79 Å². The van der Waals surface area contributed by atoms with Crippen molar-refractivity contribution in [2.75, 3.05) is 0 Å². The Hall–Kier alpha value is -1.06. The third kappa shape index (κ3) is 2.37. The van der Waals surface area contributed by atoms with Gasteiger partial charge in [0.2, 0.25) is 0 Å². The maximum absolute atomic E-state index is 10.6. The number of urea groups is 1. The van der Waals surface area contributed by atoms with Gasteiger partial charge in [0, 0.05) is 6.21 Å². The van der Waals surface area contributed by atoms with Gasteiger partial charge in [-0.2, -0.15) is 5.10 Å². The lowest BCUT2D eigenvalue weighted by molar-refractivity contribution is -0.141. The van der Waals surface area contributed by atoms with E-state index in [9.17, 15) is 4.79 Å². The van der Waals surface area contributed by atoms with Gasteiger partial charge in [0.15, 0.2) is 0 Å². The quantitative estimate of drug-likeness (QED) is 0.596. The summed E-state index contributed by atoms with van der Waals surface area (Å²) in [7, 11) is 0. The lowest BCUT2D eigenvalue weighted by atomic mass is 9.40. The molecule has 4 aliphatic carbocycles. The number of primary amides is 1. The molecule has 4 fully saturated rings. The number of hydrogen-bond donors (Lipinski definition) is 2. The topological polar surface area (TPSA) is 67.5 Å². The molecule has 4 aliphatic rings. The molecule has 0 aromatic rings. The number of nitrogens with zero attached hydrogens (tertiary/aromatic N) is 1. The van der Waals surface area contributed by atoms with Crippen LogP contribution in [0.25, 0.3) is 0 Å². The van der Waals surface area contributed by atoms with Gasteiger partial charge in [-0.3, -0.25) is 0 Å².